The summed E-state index contributed by atoms with van der Waals surface area (Å²) in [5.41, 5.74) is 7.61. The van der Waals surface area contributed by atoms with Crippen molar-refractivity contribution in [3.05, 3.63) is 67.0 Å². The van der Waals surface area contributed by atoms with Gasteiger partial charge in [0.05, 0.1) is 12.4 Å². The number of aromatic nitrogens is 2. The fraction of sp³-hybridized carbons (Fsp3) is 0. The van der Waals surface area contributed by atoms with Crippen LogP contribution in [0.25, 0.3) is 11.1 Å². The highest BCUT2D eigenvalue weighted by Crippen LogP contribution is 2.32. The Morgan fingerprint density at radius 1 is 0.800 bits per heavy atom. The van der Waals surface area contributed by atoms with Crippen molar-refractivity contribution in [3.63, 3.8) is 0 Å². The van der Waals surface area contributed by atoms with Crippen molar-refractivity contribution >= 4 is 5.82 Å². The maximum Gasteiger partial charge on any atom is 0.238 e. The van der Waals surface area contributed by atoms with E-state index in [9.17, 15) is 0 Å². The molecule has 0 aliphatic rings. The van der Waals surface area contributed by atoms with Crippen molar-refractivity contribution in [2.75, 3.05) is 5.73 Å². The largest absolute Gasteiger partial charge is 0.437 e. The van der Waals surface area contributed by atoms with Gasteiger partial charge in [-0.1, -0.05) is 48.5 Å². The summed E-state index contributed by atoms with van der Waals surface area (Å²) in [7, 11) is 0. The Bertz CT molecular complexity index is 696. The van der Waals surface area contributed by atoms with Gasteiger partial charge < -0.3 is 10.5 Å². The highest BCUT2D eigenvalue weighted by molar-refractivity contribution is 5.70. The summed E-state index contributed by atoms with van der Waals surface area (Å²) in [6, 6.07) is 17.9. The maximum atomic E-state index is 5.79. The smallest absolute Gasteiger partial charge is 0.238 e. The van der Waals surface area contributed by atoms with Crippen LogP contribution in [0.3, 0.4) is 0 Å². The molecule has 0 atom stereocenters. The predicted molar refractivity (Wildman–Crippen MR) is 78.4 cm³/mol. The number of nitrogens with two attached hydrogens (primary N) is 1. The van der Waals surface area contributed by atoms with E-state index in [1.807, 2.05) is 54.6 Å². The standard InChI is InChI=1S/C16H13N3O/c17-15-10-19-16(11-18-15)20-14-9-5-4-8-13(14)12-6-2-1-3-7-12/h1-11H,(H2,17,18). The fourth-order valence-corrected chi connectivity index (χ4v) is 1.90. The van der Waals surface area contributed by atoms with Crippen molar-refractivity contribution in [2.24, 2.45) is 0 Å². The van der Waals surface area contributed by atoms with Gasteiger partial charge in [-0.3, -0.25) is 0 Å². The van der Waals surface area contributed by atoms with Crippen LogP contribution >= 0.6 is 0 Å². The fourth-order valence-electron chi connectivity index (χ4n) is 1.90. The second kappa shape index (κ2) is 5.40. The summed E-state index contributed by atoms with van der Waals surface area (Å²) in [4.78, 5) is 8.07. The third-order valence-electron chi connectivity index (χ3n) is 2.83. The van der Waals surface area contributed by atoms with Gasteiger partial charge >= 0.3 is 0 Å². The van der Waals surface area contributed by atoms with E-state index in [0.29, 0.717) is 11.7 Å². The average Bonchev–Trinajstić information content (AvgIpc) is 2.51. The Kier molecular flexibility index (Phi) is 3.29. The molecule has 0 fully saturated rings. The second-order valence-corrected chi connectivity index (χ2v) is 4.24. The number of nitrogen functional groups attached to an aromatic ring is 1. The van der Waals surface area contributed by atoms with E-state index in [4.69, 9.17) is 10.5 Å². The molecule has 2 aromatic carbocycles. The predicted octanol–water partition coefficient (Wildman–Crippen LogP) is 3.52. The summed E-state index contributed by atoms with van der Waals surface area (Å²) in [6.45, 7) is 0. The zero-order valence-electron chi connectivity index (χ0n) is 10.7. The second-order valence-electron chi connectivity index (χ2n) is 4.24. The van der Waals surface area contributed by atoms with Crippen LogP contribution in [0.4, 0.5) is 5.82 Å². The molecule has 3 aromatic rings. The maximum absolute atomic E-state index is 5.79. The third kappa shape index (κ3) is 2.59. The zero-order valence-corrected chi connectivity index (χ0v) is 10.7. The van der Waals surface area contributed by atoms with E-state index in [1.54, 1.807) is 0 Å². The van der Waals surface area contributed by atoms with E-state index >= 15 is 0 Å². The molecule has 20 heavy (non-hydrogen) atoms. The normalized spacial score (nSPS) is 10.2. The van der Waals surface area contributed by atoms with Crippen LogP contribution in [-0.2, 0) is 0 Å². The lowest BCUT2D eigenvalue weighted by atomic mass is 10.1. The molecule has 0 saturated heterocycles. The van der Waals surface area contributed by atoms with Gasteiger partial charge in [-0.05, 0) is 11.6 Å². The number of rotatable bonds is 3. The lowest BCUT2D eigenvalue weighted by Gasteiger charge is -2.10. The van der Waals surface area contributed by atoms with E-state index in [0.717, 1.165) is 16.9 Å². The molecule has 0 bridgehead atoms. The van der Waals surface area contributed by atoms with Crippen LogP contribution in [0.2, 0.25) is 0 Å². The zero-order chi connectivity index (χ0) is 13.8. The SMILES string of the molecule is Nc1cnc(Oc2ccccc2-c2ccccc2)cn1. The molecule has 0 saturated carbocycles. The van der Waals surface area contributed by atoms with E-state index < -0.39 is 0 Å². The first-order valence-corrected chi connectivity index (χ1v) is 6.23. The van der Waals surface area contributed by atoms with Gasteiger partial charge in [-0.2, -0.15) is 0 Å². The Labute approximate surface area is 116 Å². The molecular weight excluding hydrogens is 250 g/mol. The topological polar surface area (TPSA) is 61.0 Å². The summed E-state index contributed by atoms with van der Waals surface area (Å²) in [5, 5.41) is 0. The van der Waals surface area contributed by atoms with Crippen molar-refractivity contribution in [1.29, 1.82) is 0 Å². The summed E-state index contributed by atoms with van der Waals surface area (Å²) < 4.78 is 5.79. The first-order valence-electron chi connectivity index (χ1n) is 6.23. The molecule has 4 heteroatoms. The lowest BCUT2D eigenvalue weighted by molar-refractivity contribution is 0.462. The van der Waals surface area contributed by atoms with Crippen molar-refractivity contribution < 1.29 is 4.74 Å². The van der Waals surface area contributed by atoms with Gasteiger partial charge in [0.15, 0.2) is 0 Å². The molecule has 1 aromatic heterocycles. The van der Waals surface area contributed by atoms with Gasteiger partial charge in [0, 0.05) is 5.56 Å². The molecular formula is C16H13N3O. The molecule has 0 amide bonds. The monoisotopic (exact) mass is 263 g/mol. The minimum absolute atomic E-state index is 0.369. The lowest BCUT2D eigenvalue weighted by Crippen LogP contribution is -1.94. The van der Waals surface area contributed by atoms with Crippen molar-refractivity contribution in [1.82, 2.24) is 9.97 Å². The average molecular weight is 263 g/mol. The van der Waals surface area contributed by atoms with Gasteiger partial charge in [-0.15, -0.1) is 0 Å². The van der Waals surface area contributed by atoms with Crippen molar-refractivity contribution in [3.8, 4) is 22.8 Å². The first kappa shape index (κ1) is 12.2. The van der Waals surface area contributed by atoms with E-state index in [1.165, 1.54) is 12.4 Å². The molecule has 2 N–H and O–H groups in total. The number of para-hydroxylation sites is 1. The molecule has 0 spiro atoms. The number of ether oxygens (including phenoxy) is 1. The molecule has 0 unspecified atom stereocenters. The van der Waals surface area contributed by atoms with Crippen LogP contribution < -0.4 is 10.5 Å². The third-order valence-corrected chi connectivity index (χ3v) is 2.83. The molecule has 98 valence electrons. The number of hydrogen-bond acceptors (Lipinski definition) is 4. The Balaban J connectivity index is 1.96. The van der Waals surface area contributed by atoms with Crippen molar-refractivity contribution in [2.45, 2.75) is 0 Å². The Morgan fingerprint density at radius 2 is 1.55 bits per heavy atom. The Hall–Kier alpha value is -2.88. The molecule has 0 radical (unpaired) electrons. The molecule has 3 rings (SSSR count). The minimum atomic E-state index is 0.369. The van der Waals surface area contributed by atoms with E-state index in [2.05, 4.69) is 9.97 Å². The van der Waals surface area contributed by atoms with Crippen LogP contribution in [0.1, 0.15) is 0 Å². The quantitative estimate of drug-likeness (QED) is 0.785. The van der Waals surface area contributed by atoms with Gasteiger partial charge in [0.2, 0.25) is 5.88 Å². The van der Waals surface area contributed by atoms with Gasteiger partial charge in [-0.25, -0.2) is 9.97 Å². The highest BCUT2D eigenvalue weighted by Gasteiger charge is 2.07. The molecule has 0 aliphatic heterocycles. The summed E-state index contributed by atoms with van der Waals surface area (Å²) >= 11 is 0. The highest BCUT2D eigenvalue weighted by atomic mass is 16.5. The summed E-state index contributed by atoms with van der Waals surface area (Å²) in [6.07, 6.45) is 2.98. The van der Waals surface area contributed by atoms with E-state index in [-0.39, 0.29) is 0 Å². The number of benzene rings is 2. The summed E-state index contributed by atoms with van der Waals surface area (Å²) in [5.74, 6) is 1.52. The molecule has 0 aliphatic carbocycles. The number of nitrogens with zero attached hydrogens (tertiary/aromatic N) is 2. The van der Waals surface area contributed by atoms with Crippen LogP contribution in [-0.4, -0.2) is 9.97 Å². The minimum Gasteiger partial charge on any atom is -0.437 e. The Morgan fingerprint density at radius 3 is 2.30 bits per heavy atom. The molecule has 1 heterocycles. The first-order chi connectivity index (χ1) is 9.83. The van der Waals surface area contributed by atoms with Crippen LogP contribution in [0.5, 0.6) is 11.6 Å². The van der Waals surface area contributed by atoms with Gasteiger partial charge in [0.25, 0.3) is 0 Å². The van der Waals surface area contributed by atoms with Crippen LogP contribution in [0.15, 0.2) is 67.0 Å². The van der Waals surface area contributed by atoms with Crippen LogP contribution in [0, 0.1) is 0 Å². The molecule has 4 nitrogen and oxygen atoms in total. The van der Waals surface area contributed by atoms with Gasteiger partial charge in [0.1, 0.15) is 11.6 Å². The number of anilines is 1. The number of hydrogen-bond donors (Lipinski definition) is 1.